The molecule has 0 aliphatic carbocycles. The third-order valence-electron chi connectivity index (χ3n) is 5.06. The van der Waals surface area contributed by atoms with Gasteiger partial charge in [-0.05, 0) is 38.8 Å². The fourth-order valence-electron chi connectivity index (χ4n) is 3.57. The quantitative estimate of drug-likeness (QED) is 0.364. The van der Waals surface area contributed by atoms with E-state index in [4.69, 9.17) is 4.74 Å². The van der Waals surface area contributed by atoms with Gasteiger partial charge in [0.25, 0.3) is 0 Å². The minimum atomic E-state index is -0.216. The summed E-state index contributed by atoms with van der Waals surface area (Å²) in [4.78, 5) is 22.5. The van der Waals surface area contributed by atoms with Gasteiger partial charge in [-0.25, -0.2) is 9.78 Å². The van der Waals surface area contributed by atoms with Crippen molar-refractivity contribution in [1.82, 2.24) is 25.1 Å². The fourth-order valence-corrected chi connectivity index (χ4v) is 3.57. The van der Waals surface area contributed by atoms with E-state index in [0.29, 0.717) is 25.7 Å². The van der Waals surface area contributed by atoms with Gasteiger partial charge in [0.15, 0.2) is 5.96 Å². The Morgan fingerprint density at radius 1 is 1.31 bits per heavy atom. The van der Waals surface area contributed by atoms with Crippen molar-refractivity contribution in [3.05, 3.63) is 30.1 Å². The van der Waals surface area contributed by atoms with Crippen LogP contribution in [0.3, 0.4) is 0 Å². The van der Waals surface area contributed by atoms with E-state index in [1.54, 1.807) is 11.9 Å². The van der Waals surface area contributed by atoms with Gasteiger partial charge in [-0.2, -0.15) is 0 Å². The van der Waals surface area contributed by atoms with Crippen molar-refractivity contribution in [2.75, 3.05) is 33.3 Å². The van der Waals surface area contributed by atoms with E-state index >= 15 is 0 Å². The van der Waals surface area contributed by atoms with Crippen LogP contribution < -0.4 is 10.6 Å². The first kappa shape index (κ1) is 23.2. The molecule has 3 rings (SSSR count). The number of likely N-dealkylation sites (tertiary alicyclic amines) is 1. The molecule has 160 valence electrons. The molecule has 0 bridgehead atoms. The summed E-state index contributed by atoms with van der Waals surface area (Å²) in [6.45, 7) is 7.25. The molecule has 1 fully saturated rings. The highest BCUT2D eigenvalue weighted by Crippen LogP contribution is 2.15. The maximum atomic E-state index is 11.8. The zero-order valence-electron chi connectivity index (χ0n) is 17.4. The lowest BCUT2D eigenvalue weighted by Gasteiger charge is -2.32. The van der Waals surface area contributed by atoms with Crippen LogP contribution in [0.25, 0.3) is 11.0 Å². The number of imidazole rings is 1. The Hall–Kier alpha value is -2.04. The van der Waals surface area contributed by atoms with Crippen LogP contribution in [0.1, 0.15) is 25.6 Å². The number of aryl methyl sites for hydroxylation is 1. The molecule has 0 unspecified atom stereocenters. The molecule has 0 saturated carbocycles. The highest BCUT2D eigenvalue weighted by molar-refractivity contribution is 14.0. The monoisotopic (exact) mass is 514 g/mol. The van der Waals surface area contributed by atoms with Gasteiger partial charge in [-0.15, -0.1) is 24.0 Å². The minimum absolute atomic E-state index is 0. The van der Waals surface area contributed by atoms with Crippen molar-refractivity contribution < 1.29 is 9.53 Å². The number of hydrogen-bond donors (Lipinski definition) is 2. The maximum absolute atomic E-state index is 11.8. The van der Waals surface area contributed by atoms with Gasteiger partial charge in [-0.1, -0.05) is 12.1 Å². The van der Waals surface area contributed by atoms with E-state index in [1.807, 2.05) is 32.0 Å². The molecule has 9 heteroatoms. The molecule has 1 aliphatic rings. The number of para-hydroxylation sites is 2. The summed E-state index contributed by atoms with van der Waals surface area (Å²) in [5.74, 6) is 1.80. The number of hydrogen-bond acceptors (Lipinski definition) is 4. The summed E-state index contributed by atoms with van der Waals surface area (Å²) in [6, 6.07) is 8.48. The molecular formula is C20H31IN6O2. The molecule has 1 aromatic carbocycles. The first-order chi connectivity index (χ1) is 13.6. The number of carbonyl (C=O) groups excluding carboxylic acids is 1. The number of nitrogens with one attached hydrogen (secondary N) is 2. The number of carbonyl (C=O) groups is 1. The van der Waals surface area contributed by atoms with Crippen LogP contribution >= 0.6 is 24.0 Å². The van der Waals surface area contributed by atoms with Crippen LogP contribution in [-0.2, 0) is 11.3 Å². The van der Waals surface area contributed by atoms with Crippen molar-refractivity contribution in [2.45, 2.75) is 39.3 Å². The lowest BCUT2D eigenvalue weighted by Crippen LogP contribution is -2.50. The number of amides is 1. The molecule has 1 saturated heterocycles. The Bertz CT molecular complexity index is 829. The Morgan fingerprint density at radius 3 is 2.72 bits per heavy atom. The molecule has 1 aliphatic heterocycles. The Balaban J connectivity index is 0.00000300. The van der Waals surface area contributed by atoms with Gasteiger partial charge >= 0.3 is 6.09 Å². The summed E-state index contributed by atoms with van der Waals surface area (Å²) in [5, 5.41) is 6.85. The maximum Gasteiger partial charge on any atom is 0.409 e. The zero-order valence-corrected chi connectivity index (χ0v) is 19.7. The highest BCUT2D eigenvalue weighted by Gasteiger charge is 2.24. The minimum Gasteiger partial charge on any atom is -0.450 e. The lowest BCUT2D eigenvalue weighted by molar-refractivity contribution is 0.0963. The normalized spacial score (nSPS) is 15.1. The summed E-state index contributed by atoms with van der Waals surface area (Å²) in [7, 11) is 1.78. The van der Waals surface area contributed by atoms with Crippen molar-refractivity contribution >= 4 is 47.1 Å². The SMILES string of the molecule is CCOC(=O)N1CCC(NC(=NC)NCCn2c(C)nc3ccccc32)CC1.I. The first-order valence-electron chi connectivity index (χ1n) is 9.93. The summed E-state index contributed by atoms with van der Waals surface area (Å²) >= 11 is 0. The van der Waals surface area contributed by atoms with Gasteiger partial charge in [-0.3, -0.25) is 4.99 Å². The van der Waals surface area contributed by atoms with Crippen molar-refractivity contribution in [1.29, 1.82) is 0 Å². The molecule has 0 radical (unpaired) electrons. The number of guanidine groups is 1. The number of ether oxygens (including phenoxy) is 1. The van der Waals surface area contributed by atoms with E-state index in [-0.39, 0.29) is 30.1 Å². The Kier molecular flexibility index (Phi) is 8.99. The Labute approximate surface area is 189 Å². The summed E-state index contributed by atoms with van der Waals surface area (Å²) < 4.78 is 7.29. The smallest absolute Gasteiger partial charge is 0.409 e. The fraction of sp³-hybridized carbons (Fsp3) is 0.550. The molecule has 2 heterocycles. The Morgan fingerprint density at radius 2 is 2.03 bits per heavy atom. The molecule has 0 atom stereocenters. The molecular weight excluding hydrogens is 483 g/mol. The standard InChI is InChI=1S/C20H30N6O2.HI/c1-4-28-20(27)25-12-9-16(10-13-25)24-19(21-3)22-11-14-26-15(2)23-17-7-5-6-8-18(17)26;/h5-8,16H,4,9-14H2,1-3H3,(H2,21,22,24);1H. The van der Waals surface area contributed by atoms with Gasteiger partial charge in [0.1, 0.15) is 5.82 Å². The van der Waals surface area contributed by atoms with E-state index in [1.165, 1.54) is 0 Å². The third kappa shape index (κ3) is 5.97. The predicted octanol–water partition coefficient (Wildman–Crippen LogP) is 2.75. The van der Waals surface area contributed by atoms with E-state index in [9.17, 15) is 4.79 Å². The molecule has 2 N–H and O–H groups in total. The second-order valence-corrected chi connectivity index (χ2v) is 6.90. The van der Waals surface area contributed by atoms with Crippen LogP contribution in [0.4, 0.5) is 4.79 Å². The van der Waals surface area contributed by atoms with Crippen molar-refractivity contribution in [3.63, 3.8) is 0 Å². The van der Waals surface area contributed by atoms with Crippen LogP contribution in [0, 0.1) is 6.92 Å². The molecule has 8 nitrogen and oxygen atoms in total. The van der Waals surface area contributed by atoms with Crippen molar-refractivity contribution in [2.24, 2.45) is 4.99 Å². The molecule has 1 aromatic heterocycles. The number of aliphatic imine (C=N–C) groups is 1. The molecule has 0 spiro atoms. The van der Waals surface area contributed by atoms with E-state index in [0.717, 1.165) is 48.7 Å². The predicted molar refractivity (Wildman–Crippen MR) is 126 cm³/mol. The van der Waals surface area contributed by atoms with Crippen LogP contribution in [0.15, 0.2) is 29.3 Å². The van der Waals surface area contributed by atoms with Crippen LogP contribution in [0.5, 0.6) is 0 Å². The third-order valence-corrected chi connectivity index (χ3v) is 5.06. The van der Waals surface area contributed by atoms with E-state index in [2.05, 4.69) is 31.2 Å². The number of piperidine rings is 1. The first-order valence-corrected chi connectivity index (χ1v) is 9.93. The number of halogens is 1. The zero-order chi connectivity index (χ0) is 19.9. The second-order valence-electron chi connectivity index (χ2n) is 6.90. The average molecular weight is 514 g/mol. The lowest BCUT2D eigenvalue weighted by atomic mass is 10.1. The summed E-state index contributed by atoms with van der Waals surface area (Å²) in [6.07, 6.45) is 1.54. The number of rotatable bonds is 5. The number of nitrogens with zero attached hydrogens (tertiary/aromatic N) is 4. The van der Waals surface area contributed by atoms with Crippen molar-refractivity contribution in [3.8, 4) is 0 Å². The molecule has 2 aromatic rings. The summed E-state index contributed by atoms with van der Waals surface area (Å²) in [5.41, 5.74) is 2.17. The second kappa shape index (κ2) is 11.2. The van der Waals surface area contributed by atoms with Gasteiger partial charge in [0.2, 0.25) is 0 Å². The number of aromatic nitrogens is 2. The molecule has 1 amide bonds. The number of fused-ring (bicyclic) bond motifs is 1. The van der Waals surface area contributed by atoms with Gasteiger partial charge in [0, 0.05) is 39.3 Å². The topological polar surface area (TPSA) is 83.8 Å². The van der Waals surface area contributed by atoms with E-state index < -0.39 is 0 Å². The largest absolute Gasteiger partial charge is 0.450 e. The van der Waals surface area contributed by atoms with Crippen LogP contribution in [0.2, 0.25) is 0 Å². The molecule has 29 heavy (non-hydrogen) atoms. The van der Waals surface area contributed by atoms with Crippen LogP contribution in [-0.4, -0.2) is 65.8 Å². The van der Waals surface area contributed by atoms with Gasteiger partial charge in [0.05, 0.1) is 17.6 Å². The average Bonchev–Trinajstić information content (AvgIpc) is 3.03. The highest BCUT2D eigenvalue weighted by atomic mass is 127. The number of benzene rings is 1. The van der Waals surface area contributed by atoms with Gasteiger partial charge < -0.3 is 24.8 Å².